The molecule has 0 spiro atoms. The van der Waals surface area contributed by atoms with Crippen LogP contribution in [0.2, 0.25) is 10.0 Å². The Morgan fingerprint density at radius 3 is 2.61 bits per heavy atom. The predicted molar refractivity (Wildman–Crippen MR) is 115 cm³/mol. The van der Waals surface area contributed by atoms with E-state index < -0.39 is 6.04 Å². The summed E-state index contributed by atoms with van der Waals surface area (Å²) in [5.74, 6) is -0.201. The van der Waals surface area contributed by atoms with Crippen LogP contribution in [0.15, 0.2) is 46.9 Å². The van der Waals surface area contributed by atoms with Gasteiger partial charge in [-0.15, -0.1) is 0 Å². The van der Waals surface area contributed by atoms with E-state index in [1.165, 1.54) is 4.90 Å². The van der Waals surface area contributed by atoms with Crippen LogP contribution < -0.4 is 10.1 Å². The molecule has 28 heavy (non-hydrogen) atoms. The van der Waals surface area contributed by atoms with Crippen molar-refractivity contribution in [2.45, 2.75) is 26.4 Å². The van der Waals surface area contributed by atoms with Gasteiger partial charge in [0, 0.05) is 22.6 Å². The molecule has 150 valence electrons. The minimum absolute atomic E-state index is 0.227. The molecule has 0 aliphatic rings. The number of hydrogen-bond donors (Lipinski definition) is 1. The third-order valence-corrected chi connectivity index (χ3v) is 5.03. The summed E-state index contributed by atoms with van der Waals surface area (Å²) in [7, 11) is 0. The number of amides is 2. The quantitative estimate of drug-likeness (QED) is 0.587. The Bertz CT molecular complexity index is 848. The second-order valence-corrected chi connectivity index (χ2v) is 7.84. The summed E-state index contributed by atoms with van der Waals surface area (Å²) in [6, 6.07) is 11.7. The molecule has 8 heteroatoms. The first kappa shape index (κ1) is 22.5. The van der Waals surface area contributed by atoms with Crippen LogP contribution in [0.4, 0.5) is 0 Å². The molecule has 2 rings (SSSR count). The lowest BCUT2D eigenvalue weighted by Crippen LogP contribution is -2.49. The fourth-order valence-electron chi connectivity index (χ4n) is 2.55. The number of rotatable bonds is 8. The van der Waals surface area contributed by atoms with Crippen LogP contribution >= 0.6 is 39.1 Å². The van der Waals surface area contributed by atoms with Crippen LogP contribution in [0.25, 0.3) is 0 Å². The molecule has 2 aromatic carbocycles. The van der Waals surface area contributed by atoms with Crippen LogP contribution in [-0.4, -0.2) is 35.9 Å². The van der Waals surface area contributed by atoms with Gasteiger partial charge in [0.1, 0.15) is 11.8 Å². The van der Waals surface area contributed by atoms with Gasteiger partial charge >= 0.3 is 0 Å². The highest BCUT2D eigenvalue weighted by Crippen LogP contribution is 2.27. The monoisotopic (exact) mass is 486 g/mol. The van der Waals surface area contributed by atoms with Crippen molar-refractivity contribution in [2.24, 2.45) is 0 Å². The Hall–Kier alpha value is -1.76. The van der Waals surface area contributed by atoms with E-state index in [1.54, 1.807) is 25.1 Å². The van der Waals surface area contributed by atoms with E-state index in [4.69, 9.17) is 27.9 Å². The van der Waals surface area contributed by atoms with Crippen molar-refractivity contribution in [2.75, 3.05) is 13.2 Å². The van der Waals surface area contributed by atoms with Gasteiger partial charge in [-0.2, -0.15) is 0 Å². The Kier molecular flexibility index (Phi) is 8.60. The highest BCUT2D eigenvalue weighted by molar-refractivity contribution is 9.10. The SMILES string of the molecule is CCNC(=O)C(C)N(Cc1cccc(Br)c1)C(=O)COc1ccc(Cl)cc1Cl. The van der Waals surface area contributed by atoms with Gasteiger partial charge in [-0.25, -0.2) is 0 Å². The van der Waals surface area contributed by atoms with E-state index in [2.05, 4.69) is 21.2 Å². The average molecular weight is 488 g/mol. The summed E-state index contributed by atoms with van der Waals surface area (Å²) in [5.41, 5.74) is 0.892. The van der Waals surface area contributed by atoms with Crippen molar-refractivity contribution in [3.8, 4) is 5.75 Å². The van der Waals surface area contributed by atoms with E-state index in [0.29, 0.717) is 22.3 Å². The second kappa shape index (κ2) is 10.7. The first-order chi connectivity index (χ1) is 13.3. The molecule has 2 amide bonds. The van der Waals surface area contributed by atoms with Gasteiger partial charge in [-0.05, 0) is 49.7 Å². The Morgan fingerprint density at radius 1 is 1.21 bits per heavy atom. The summed E-state index contributed by atoms with van der Waals surface area (Å²) >= 11 is 15.4. The third kappa shape index (κ3) is 6.40. The maximum Gasteiger partial charge on any atom is 0.261 e. The number of hydrogen-bond acceptors (Lipinski definition) is 3. The standard InChI is InChI=1S/C20H21BrCl2N2O3/c1-3-24-20(27)13(2)25(11-14-5-4-6-15(21)9-14)19(26)12-28-18-8-7-16(22)10-17(18)23/h4-10,13H,3,11-12H2,1-2H3,(H,24,27). The highest BCUT2D eigenvalue weighted by atomic mass is 79.9. The van der Waals surface area contributed by atoms with Gasteiger partial charge in [0.05, 0.1) is 5.02 Å². The molecule has 2 aromatic rings. The van der Waals surface area contributed by atoms with Gasteiger partial charge in [-0.1, -0.05) is 51.3 Å². The molecule has 0 bridgehead atoms. The molecule has 0 radical (unpaired) electrons. The lowest BCUT2D eigenvalue weighted by Gasteiger charge is -2.28. The van der Waals surface area contributed by atoms with Gasteiger partial charge in [0.2, 0.25) is 5.91 Å². The Morgan fingerprint density at radius 2 is 1.96 bits per heavy atom. The van der Waals surface area contributed by atoms with E-state index in [0.717, 1.165) is 10.0 Å². The first-order valence-corrected chi connectivity index (χ1v) is 10.3. The number of ether oxygens (including phenoxy) is 1. The van der Waals surface area contributed by atoms with Gasteiger partial charge in [0.25, 0.3) is 5.91 Å². The minimum atomic E-state index is -0.657. The summed E-state index contributed by atoms with van der Waals surface area (Å²) < 4.78 is 6.46. The molecular formula is C20H21BrCl2N2O3. The molecule has 1 atom stereocenters. The van der Waals surface area contributed by atoms with Crippen molar-refractivity contribution in [3.63, 3.8) is 0 Å². The number of nitrogens with zero attached hydrogens (tertiary/aromatic N) is 1. The lowest BCUT2D eigenvalue weighted by molar-refractivity contribution is -0.142. The van der Waals surface area contributed by atoms with E-state index >= 15 is 0 Å². The number of carbonyl (C=O) groups is 2. The summed E-state index contributed by atoms with van der Waals surface area (Å²) in [6.45, 7) is 4.03. The molecule has 0 fully saturated rings. The number of nitrogens with one attached hydrogen (secondary N) is 1. The zero-order valence-electron chi connectivity index (χ0n) is 15.5. The zero-order chi connectivity index (χ0) is 20.7. The van der Waals surface area contributed by atoms with E-state index in [-0.39, 0.29) is 25.0 Å². The largest absolute Gasteiger partial charge is 0.482 e. The average Bonchev–Trinajstić information content (AvgIpc) is 2.65. The molecule has 0 saturated carbocycles. The minimum Gasteiger partial charge on any atom is -0.482 e. The van der Waals surface area contributed by atoms with Crippen LogP contribution in [0.1, 0.15) is 19.4 Å². The first-order valence-electron chi connectivity index (χ1n) is 8.71. The van der Waals surface area contributed by atoms with Crippen LogP contribution in [0.3, 0.4) is 0 Å². The van der Waals surface area contributed by atoms with Crippen molar-refractivity contribution >= 4 is 50.9 Å². The Labute approximate surface area is 183 Å². The van der Waals surface area contributed by atoms with Crippen molar-refractivity contribution < 1.29 is 14.3 Å². The smallest absolute Gasteiger partial charge is 0.261 e. The maximum absolute atomic E-state index is 12.9. The van der Waals surface area contributed by atoms with E-state index in [1.807, 2.05) is 31.2 Å². The van der Waals surface area contributed by atoms with Crippen molar-refractivity contribution in [1.82, 2.24) is 10.2 Å². The molecule has 1 N–H and O–H groups in total. The van der Waals surface area contributed by atoms with Crippen LogP contribution in [0.5, 0.6) is 5.75 Å². The Balaban J connectivity index is 2.16. The van der Waals surface area contributed by atoms with Gasteiger partial charge < -0.3 is 15.0 Å². The molecule has 0 saturated heterocycles. The summed E-state index contributed by atoms with van der Waals surface area (Å²) in [6.07, 6.45) is 0. The van der Waals surface area contributed by atoms with Gasteiger partial charge in [0.15, 0.2) is 6.61 Å². The number of benzene rings is 2. The predicted octanol–water partition coefficient (Wildman–Crippen LogP) is 4.69. The molecule has 5 nitrogen and oxygen atoms in total. The topological polar surface area (TPSA) is 58.6 Å². The maximum atomic E-state index is 12.9. The second-order valence-electron chi connectivity index (χ2n) is 6.09. The normalized spacial score (nSPS) is 11.6. The third-order valence-electron chi connectivity index (χ3n) is 4.01. The van der Waals surface area contributed by atoms with Crippen LogP contribution in [-0.2, 0) is 16.1 Å². The number of carbonyl (C=O) groups excluding carboxylic acids is 2. The fraction of sp³-hybridized carbons (Fsp3) is 0.300. The van der Waals surface area contributed by atoms with Gasteiger partial charge in [-0.3, -0.25) is 9.59 Å². The molecular weight excluding hydrogens is 467 g/mol. The summed E-state index contributed by atoms with van der Waals surface area (Å²) in [4.78, 5) is 26.7. The molecule has 0 aliphatic heterocycles. The molecule has 0 aliphatic carbocycles. The highest BCUT2D eigenvalue weighted by Gasteiger charge is 2.26. The number of likely N-dealkylation sites (N-methyl/N-ethyl adjacent to an activating group) is 1. The summed E-state index contributed by atoms with van der Waals surface area (Å²) in [5, 5.41) is 3.54. The van der Waals surface area contributed by atoms with E-state index in [9.17, 15) is 9.59 Å². The van der Waals surface area contributed by atoms with Crippen molar-refractivity contribution in [3.05, 3.63) is 62.5 Å². The fourth-order valence-corrected chi connectivity index (χ4v) is 3.46. The molecule has 0 aromatic heterocycles. The molecule has 0 heterocycles. The molecule has 1 unspecified atom stereocenters. The van der Waals surface area contributed by atoms with Crippen LogP contribution in [0, 0.1) is 0 Å². The van der Waals surface area contributed by atoms with Crippen molar-refractivity contribution in [1.29, 1.82) is 0 Å². The number of halogens is 3. The zero-order valence-corrected chi connectivity index (χ0v) is 18.6. The lowest BCUT2D eigenvalue weighted by atomic mass is 10.1.